The Bertz CT molecular complexity index is 2960. The van der Waals surface area contributed by atoms with Crippen molar-refractivity contribution in [2.45, 2.75) is 0 Å². The van der Waals surface area contributed by atoms with E-state index < -0.39 is 0 Å². The second-order valence-electron chi connectivity index (χ2n) is 13.0. The smallest absolute Gasteiger partial charge is 0.137 e. The molecule has 1 aliphatic carbocycles. The highest BCUT2D eigenvalue weighted by molar-refractivity contribution is 6.21. The summed E-state index contributed by atoms with van der Waals surface area (Å²) in [6, 6.07) is 59.0. The van der Waals surface area contributed by atoms with E-state index >= 15 is 0 Å². The molecule has 3 nitrogen and oxygen atoms in total. The van der Waals surface area contributed by atoms with Crippen LogP contribution in [0.1, 0.15) is 0 Å². The van der Waals surface area contributed by atoms with Crippen LogP contribution >= 0.6 is 0 Å². The molecule has 0 saturated heterocycles. The highest BCUT2D eigenvalue weighted by atomic mass is 16.3. The van der Waals surface area contributed by atoms with Crippen LogP contribution in [-0.2, 0) is 0 Å². The van der Waals surface area contributed by atoms with E-state index in [1.807, 2.05) is 12.1 Å². The number of hydrogen-bond acceptors (Lipinski definition) is 2. The highest BCUT2D eigenvalue weighted by Gasteiger charge is 2.25. The quantitative estimate of drug-likeness (QED) is 0.211. The molecule has 0 atom stereocenters. The van der Waals surface area contributed by atoms with Gasteiger partial charge in [0.1, 0.15) is 11.2 Å². The topological polar surface area (TPSA) is 32.2 Å². The minimum Gasteiger partial charge on any atom is -0.456 e. The number of anilines is 3. The standard InChI is InChI=1S/C46H28N2O/c1-2-9-30-24-34(20-18-28(30)8-1)48(35-21-23-37-36-14-3-4-17-42(36)49-43(37)27-35)33-13-5-12-31(25-33)32-19-22-38-41(26-32)47-46-40-16-7-11-29-10-6-15-39(44(29)40)45(38)46/h1-27,47H. The Kier molecular flexibility index (Phi) is 5.38. The summed E-state index contributed by atoms with van der Waals surface area (Å²) in [5, 5.41) is 8.57. The molecule has 0 amide bonds. The van der Waals surface area contributed by atoms with Gasteiger partial charge in [0.15, 0.2) is 0 Å². The summed E-state index contributed by atoms with van der Waals surface area (Å²) in [5.41, 5.74) is 13.6. The zero-order valence-electron chi connectivity index (χ0n) is 26.4. The van der Waals surface area contributed by atoms with Gasteiger partial charge in [0, 0.05) is 55.9 Å². The number of nitrogens with zero attached hydrogens (tertiary/aromatic N) is 1. The Hall–Kier alpha value is -6.58. The average Bonchev–Trinajstić information content (AvgIpc) is 3.82. The summed E-state index contributed by atoms with van der Waals surface area (Å²) in [4.78, 5) is 6.14. The van der Waals surface area contributed by atoms with E-state index in [4.69, 9.17) is 4.42 Å². The van der Waals surface area contributed by atoms with Crippen LogP contribution in [0.4, 0.5) is 17.1 Å². The number of hydrogen-bond donors (Lipinski definition) is 1. The summed E-state index contributed by atoms with van der Waals surface area (Å²) < 4.78 is 6.35. The Morgan fingerprint density at radius 3 is 2.06 bits per heavy atom. The molecule has 2 aromatic heterocycles. The van der Waals surface area contributed by atoms with Gasteiger partial charge in [0.05, 0.1) is 5.69 Å². The summed E-state index contributed by atoms with van der Waals surface area (Å²) in [6.45, 7) is 0. The molecule has 0 aliphatic heterocycles. The first-order valence-electron chi connectivity index (χ1n) is 16.8. The monoisotopic (exact) mass is 624 g/mol. The van der Waals surface area contributed by atoms with Crippen LogP contribution in [0.2, 0.25) is 0 Å². The van der Waals surface area contributed by atoms with Crippen molar-refractivity contribution in [3.05, 3.63) is 164 Å². The van der Waals surface area contributed by atoms with E-state index in [2.05, 4.69) is 162 Å². The van der Waals surface area contributed by atoms with Gasteiger partial charge in [-0.2, -0.15) is 0 Å². The van der Waals surface area contributed by atoms with E-state index in [9.17, 15) is 0 Å². The van der Waals surface area contributed by atoms with Crippen LogP contribution in [0.3, 0.4) is 0 Å². The Balaban J connectivity index is 1.06. The van der Waals surface area contributed by atoms with E-state index in [1.165, 1.54) is 54.9 Å². The fourth-order valence-corrected chi connectivity index (χ4v) is 8.06. The van der Waals surface area contributed by atoms with Crippen LogP contribution in [0.5, 0.6) is 0 Å². The number of benzene rings is 8. The van der Waals surface area contributed by atoms with Crippen LogP contribution in [0.25, 0.3) is 87.9 Å². The first-order chi connectivity index (χ1) is 24.3. The molecule has 1 N–H and O–H groups in total. The lowest BCUT2D eigenvalue weighted by atomic mass is 9.99. The molecule has 8 aromatic carbocycles. The molecule has 49 heavy (non-hydrogen) atoms. The fourth-order valence-electron chi connectivity index (χ4n) is 8.06. The normalized spacial score (nSPS) is 12.1. The van der Waals surface area contributed by atoms with Crippen molar-refractivity contribution in [2.75, 3.05) is 4.90 Å². The molecule has 2 heterocycles. The lowest BCUT2D eigenvalue weighted by Crippen LogP contribution is -2.10. The molecule has 0 spiro atoms. The van der Waals surface area contributed by atoms with Crippen LogP contribution in [0.15, 0.2) is 168 Å². The molecular weight excluding hydrogens is 597 g/mol. The molecular formula is C46H28N2O. The maximum absolute atomic E-state index is 6.35. The van der Waals surface area contributed by atoms with Gasteiger partial charge < -0.3 is 14.3 Å². The zero-order valence-corrected chi connectivity index (χ0v) is 26.4. The van der Waals surface area contributed by atoms with Gasteiger partial charge in [-0.15, -0.1) is 0 Å². The number of fused-ring (bicyclic) bond motifs is 9. The zero-order chi connectivity index (χ0) is 32.1. The number of furan rings is 1. The van der Waals surface area contributed by atoms with Crippen molar-refractivity contribution in [2.24, 2.45) is 0 Å². The van der Waals surface area contributed by atoms with E-state index in [0.717, 1.165) is 50.1 Å². The van der Waals surface area contributed by atoms with Crippen molar-refractivity contribution < 1.29 is 4.42 Å². The summed E-state index contributed by atoms with van der Waals surface area (Å²) in [6.07, 6.45) is 0. The molecule has 10 aromatic rings. The van der Waals surface area contributed by atoms with Crippen LogP contribution < -0.4 is 4.90 Å². The van der Waals surface area contributed by atoms with Gasteiger partial charge in [-0.05, 0) is 86.8 Å². The third-order valence-electron chi connectivity index (χ3n) is 10.3. The SMILES string of the molecule is c1cc(-c2ccc3c4c([nH]c3c2)-c2cccc3cccc-4c23)cc(N(c2ccc3ccccc3c2)c2ccc3c(c2)oc2ccccc23)c1. The molecule has 0 radical (unpaired) electrons. The first-order valence-corrected chi connectivity index (χ1v) is 16.8. The van der Waals surface area contributed by atoms with Gasteiger partial charge >= 0.3 is 0 Å². The third-order valence-corrected chi connectivity index (χ3v) is 10.3. The van der Waals surface area contributed by atoms with Gasteiger partial charge in [0.2, 0.25) is 0 Å². The number of para-hydroxylation sites is 1. The van der Waals surface area contributed by atoms with Gasteiger partial charge in [-0.3, -0.25) is 0 Å². The number of aromatic nitrogens is 1. The number of aromatic amines is 1. The molecule has 0 unspecified atom stereocenters. The van der Waals surface area contributed by atoms with Crippen molar-refractivity contribution in [1.29, 1.82) is 0 Å². The van der Waals surface area contributed by atoms with Gasteiger partial charge in [-0.25, -0.2) is 0 Å². The van der Waals surface area contributed by atoms with Crippen molar-refractivity contribution in [1.82, 2.24) is 4.98 Å². The number of H-pyrrole nitrogens is 1. The minimum absolute atomic E-state index is 0.878. The van der Waals surface area contributed by atoms with E-state index in [-0.39, 0.29) is 0 Å². The molecule has 0 fully saturated rings. The summed E-state index contributed by atoms with van der Waals surface area (Å²) >= 11 is 0. The van der Waals surface area contributed by atoms with Gasteiger partial charge in [0.25, 0.3) is 0 Å². The largest absolute Gasteiger partial charge is 0.456 e. The molecule has 3 heteroatoms. The number of rotatable bonds is 4. The minimum atomic E-state index is 0.878. The third kappa shape index (κ3) is 3.90. The predicted octanol–water partition coefficient (Wildman–Crippen LogP) is 13.2. The van der Waals surface area contributed by atoms with Gasteiger partial charge in [-0.1, -0.05) is 109 Å². The fraction of sp³-hybridized carbons (Fsp3) is 0. The number of nitrogens with one attached hydrogen (secondary N) is 1. The Morgan fingerprint density at radius 1 is 0.429 bits per heavy atom. The average molecular weight is 625 g/mol. The molecule has 1 aliphatic rings. The highest BCUT2D eigenvalue weighted by Crippen LogP contribution is 2.50. The van der Waals surface area contributed by atoms with E-state index in [1.54, 1.807) is 0 Å². The second-order valence-corrected chi connectivity index (χ2v) is 13.0. The predicted molar refractivity (Wildman–Crippen MR) is 205 cm³/mol. The Labute approximate surface area is 282 Å². The van der Waals surface area contributed by atoms with E-state index in [0.29, 0.717) is 0 Å². The summed E-state index contributed by atoms with van der Waals surface area (Å²) in [5.74, 6) is 0. The molecule has 0 bridgehead atoms. The van der Waals surface area contributed by atoms with Crippen molar-refractivity contribution in [3.63, 3.8) is 0 Å². The molecule has 228 valence electrons. The van der Waals surface area contributed by atoms with Crippen molar-refractivity contribution in [3.8, 4) is 33.5 Å². The maximum Gasteiger partial charge on any atom is 0.137 e. The van der Waals surface area contributed by atoms with Crippen molar-refractivity contribution >= 4 is 71.4 Å². The Morgan fingerprint density at radius 2 is 1.12 bits per heavy atom. The first kappa shape index (κ1) is 26.5. The van der Waals surface area contributed by atoms with Crippen LogP contribution in [-0.4, -0.2) is 4.98 Å². The van der Waals surface area contributed by atoms with Crippen LogP contribution in [0, 0.1) is 0 Å². The molecule has 11 rings (SSSR count). The maximum atomic E-state index is 6.35. The lowest BCUT2D eigenvalue weighted by molar-refractivity contribution is 0.669. The second kappa shape index (κ2) is 9.96. The summed E-state index contributed by atoms with van der Waals surface area (Å²) in [7, 11) is 0. The molecule has 0 saturated carbocycles. The lowest BCUT2D eigenvalue weighted by Gasteiger charge is -2.26.